The van der Waals surface area contributed by atoms with E-state index < -0.39 is 5.60 Å². The third-order valence-corrected chi connectivity index (χ3v) is 7.34. The number of nitrogens with zero attached hydrogens (tertiary/aromatic N) is 2. The molecule has 6 nitrogen and oxygen atoms in total. The molecule has 0 bridgehead atoms. The highest BCUT2D eigenvalue weighted by Crippen LogP contribution is 2.38. The van der Waals surface area contributed by atoms with Gasteiger partial charge in [0.15, 0.2) is 0 Å². The van der Waals surface area contributed by atoms with E-state index in [2.05, 4.69) is 54.1 Å². The third kappa shape index (κ3) is 7.95. The number of rotatable bonds is 11. The van der Waals surface area contributed by atoms with E-state index in [-0.39, 0.29) is 12.6 Å². The van der Waals surface area contributed by atoms with E-state index in [4.69, 9.17) is 19.3 Å². The minimum Gasteiger partial charge on any atom is -0.497 e. The molecule has 0 saturated heterocycles. The van der Waals surface area contributed by atoms with Crippen LogP contribution in [0.15, 0.2) is 54.6 Å². The van der Waals surface area contributed by atoms with E-state index >= 15 is 0 Å². The molecule has 0 N–H and O–H groups in total. The lowest BCUT2D eigenvalue weighted by molar-refractivity contribution is -0.160. The van der Waals surface area contributed by atoms with Crippen molar-refractivity contribution in [2.24, 2.45) is 11.8 Å². The lowest BCUT2D eigenvalue weighted by Gasteiger charge is -2.29. The summed E-state index contributed by atoms with van der Waals surface area (Å²) in [5.41, 5.74) is 5.36. The van der Waals surface area contributed by atoms with E-state index in [0.717, 1.165) is 67.6 Å². The molecular weight excluding hydrogens is 488 g/mol. The maximum absolute atomic E-state index is 11.9. The molecule has 1 aromatic heterocycles. The van der Waals surface area contributed by atoms with Crippen LogP contribution in [0.1, 0.15) is 65.5 Å². The van der Waals surface area contributed by atoms with Crippen LogP contribution < -0.4 is 4.74 Å². The Bertz CT molecular complexity index is 1200. The number of carbonyl (C=O) groups is 1. The first-order chi connectivity index (χ1) is 18.8. The van der Waals surface area contributed by atoms with Crippen molar-refractivity contribution < 1.29 is 19.0 Å². The van der Waals surface area contributed by atoms with Gasteiger partial charge in [-0.1, -0.05) is 55.8 Å². The molecule has 3 aromatic rings. The second-order valence-electron chi connectivity index (χ2n) is 11.7. The van der Waals surface area contributed by atoms with Crippen molar-refractivity contribution in [3.8, 4) is 28.1 Å². The summed E-state index contributed by atoms with van der Waals surface area (Å²) in [7, 11) is 1.71. The van der Waals surface area contributed by atoms with Gasteiger partial charge in [-0.3, -0.25) is 4.68 Å². The Kier molecular flexibility index (Phi) is 9.84. The molecule has 0 spiro atoms. The molecule has 39 heavy (non-hydrogen) atoms. The quantitative estimate of drug-likeness (QED) is 0.242. The maximum Gasteiger partial charge on any atom is 0.332 e. The fourth-order valence-corrected chi connectivity index (χ4v) is 5.52. The van der Waals surface area contributed by atoms with Crippen LogP contribution >= 0.6 is 0 Å². The molecular formula is C33H44N2O4. The topological polar surface area (TPSA) is 62.6 Å². The second kappa shape index (κ2) is 13.3. The molecule has 2 aromatic carbocycles. The molecule has 0 atom stereocenters. The molecule has 210 valence electrons. The molecule has 1 saturated carbocycles. The highest BCUT2D eigenvalue weighted by atomic mass is 16.6. The van der Waals surface area contributed by atoms with Crippen molar-refractivity contribution >= 4 is 5.97 Å². The van der Waals surface area contributed by atoms with Gasteiger partial charge in [-0.25, -0.2) is 4.79 Å². The van der Waals surface area contributed by atoms with Crippen LogP contribution in [-0.4, -0.2) is 41.7 Å². The first-order valence-corrected chi connectivity index (χ1v) is 14.4. The number of hydrogen-bond acceptors (Lipinski definition) is 5. The smallest absolute Gasteiger partial charge is 0.332 e. The van der Waals surface area contributed by atoms with E-state index in [1.165, 1.54) is 11.3 Å². The maximum atomic E-state index is 11.9. The Balaban J connectivity index is 1.47. The third-order valence-electron chi connectivity index (χ3n) is 7.34. The van der Waals surface area contributed by atoms with Crippen molar-refractivity contribution in [3.63, 3.8) is 0 Å². The average molecular weight is 533 g/mol. The molecule has 1 heterocycles. The summed E-state index contributed by atoms with van der Waals surface area (Å²) in [4.78, 5) is 11.9. The van der Waals surface area contributed by atoms with Gasteiger partial charge in [-0.2, -0.15) is 5.10 Å². The summed E-state index contributed by atoms with van der Waals surface area (Å²) in [6.07, 6.45) is 6.52. The van der Waals surface area contributed by atoms with Crippen molar-refractivity contribution in [1.82, 2.24) is 9.78 Å². The molecule has 1 fully saturated rings. The molecule has 6 heteroatoms. The zero-order chi connectivity index (χ0) is 27.8. The Hall–Kier alpha value is -3.12. The number of esters is 1. The molecule has 1 aliphatic rings. The van der Waals surface area contributed by atoms with Crippen LogP contribution in [0.3, 0.4) is 0 Å². The van der Waals surface area contributed by atoms with Gasteiger partial charge in [0.05, 0.1) is 13.7 Å². The lowest BCUT2D eigenvalue weighted by Crippen LogP contribution is -2.28. The van der Waals surface area contributed by atoms with Crippen LogP contribution in [0.5, 0.6) is 5.75 Å². The van der Waals surface area contributed by atoms with Crippen molar-refractivity contribution in [3.05, 3.63) is 60.3 Å². The van der Waals surface area contributed by atoms with Gasteiger partial charge in [0.25, 0.3) is 0 Å². The number of ether oxygens (including phenoxy) is 3. The largest absolute Gasteiger partial charge is 0.497 e. The highest BCUT2D eigenvalue weighted by Gasteiger charge is 2.26. The molecule has 0 unspecified atom stereocenters. The number of carbonyl (C=O) groups excluding carboxylic acids is 1. The van der Waals surface area contributed by atoms with E-state index in [0.29, 0.717) is 18.4 Å². The van der Waals surface area contributed by atoms with Gasteiger partial charge in [0.1, 0.15) is 23.7 Å². The predicted molar refractivity (Wildman–Crippen MR) is 156 cm³/mol. The Morgan fingerprint density at radius 3 is 2.33 bits per heavy atom. The van der Waals surface area contributed by atoms with Gasteiger partial charge in [-0.15, -0.1) is 0 Å². The Morgan fingerprint density at radius 1 is 0.974 bits per heavy atom. The van der Waals surface area contributed by atoms with Crippen LogP contribution in [0, 0.1) is 11.8 Å². The monoisotopic (exact) mass is 532 g/mol. The van der Waals surface area contributed by atoms with Gasteiger partial charge >= 0.3 is 5.97 Å². The standard InChI is InChI=1S/C33H44N2O4/c1-6-11-29-31(27-14-10-15-28(20-27)37-5)32(26-12-8-7-9-13-26)34-35(29)21-24-16-18-25(19-17-24)22-38-23-30(36)39-33(2,3)4/h7-10,12-15,20,24-25H,6,11,16-19,21-23H2,1-5H3. The number of hydrogen-bond donors (Lipinski definition) is 0. The molecule has 0 aliphatic heterocycles. The summed E-state index contributed by atoms with van der Waals surface area (Å²) in [6.45, 7) is 9.43. The summed E-state index contributed by atoms with van der Waals surface area (Å²) in [6, 6.07) is 18.8. The zero-order valence-corrected chi connectivity index (χ0v) is 24.2. The van der Waals surface area contributed by atoms with Crippen molar-refractivity contribution in [1.29, 1.82) is 0 Å². The summed E-state index contributed by atoms with van der Waals surface area (Å²) >= 11 is 0. The van der Waals surface area contributed by atoms with E-state index in [9.17, 15) is 4.79 Å². The van der Waals surface area contributed by atoms with Gasteiger partial charge in [0, 0.05) is 23.4 Å². The van der Waals surface area contributed by atoms with Crippen molar-refractivity contribution in [2.75, 3.05) is 20.3 Å². The SMILES string of the molecule is CCCc1c(-c2cccc(OC)c2)c(-c2ccccc2)nn1CC1CCC(COCC(=O)OC(C)(C)C)CC1. The fourth-order valence-electron chi connectivity index (χ4n) is 5.52. The molecule has 0 radical (unpaired) electrons. The number of benzene rings is 2. The Labute approximate surface area is 233 Å². The average Bonchev–Trinajstić information content (AvgIpc) is 3.27. The van der Waals surface area contributed by atoms with Crippen LogP contribution in [-0.2, 0) is 27.2 Å². The van der Waals surface area contributed by atoms with E-state index in [1.807, 2.05) is 32.9 Å². The highest BCUT2D eigenvalue weighted by molar-refractivity contribution is 5.83. The lowest BCUT2D eigenvalue weighted by atomic mass is 9.82. The van der Waals surface area contributed by atoms with Gasteiger partial charge in [-0.05, 0) is 82.4 Å². The van der Waals surface area contributed by atoms with Crippen LogP contribution in [0.2, 0.25) is 0 Å². The first kappa shape index (κ1) is 28.9. The fraction of sp³-hybridized carbons (Fsp3) is 0.515. The predicted octanol–water partition coefficient (Wildman–Crippen LogP) is 7.34. The van der Waals surface area contributed by atoms with Gasteiger partial charge < -0.3 is 14.2 Å². The minimum atomic E-state index is -0.478. The normalized spacial score (nSPS) is 17.7. The van der Waals surface area contributed by atoms with E-state index in [1.54, 1.807) is 7.11 Å². The van der Waals surface area contributed by atoms with Crippen LogP contribution in [0.25, 0.3) is 22.4 Å². The minimum absolute atomic E-state index is 0.0280. The van der Waals surface area contributed by atoms with Gasteiger partial charge in [0.2, 0.25) is 0 Å². The second-order valence-corrected chi connectivity index (χ2v) is 11.7. The van der Waals surface area contributed by atoms with Crippen molar-refractivity contribution in [2.45, 2.75) is 78.4 Å². The zero-order valence-electron chi connectivity index (χ0n) is 24.2. The Morgan fingerprint density at radius 2 is 1.67 bits per heavy atom. The molecule has 0 amide bonds. The molecule has 4 rings (SSSR count). The van der Waals surface area contributed by atoms with Crippen LogP contribution in [0.4, 0.5) is 0 Å². The molecule has 1 aliphatic carbocycles. The first-order valence-electron chi connectivity index (χ1n) is 14.4. The summed E-state index contributed by atoms with van der Waals surface area (Å²) in [5.74, 6) is 1.63. The summed E-state index contributed by atoms with van der Waals surface area (Å²) in [5, 5.41) is 5.24. The number of methoxy groups -OCH3 is 1. The summed E-state index contributed by atoms with van der Waals surface area (Å²) < 4.78 is 18.9. The number of aromatic nitrogens is 2.